The Bertz CT molecular complexity index is 475. The Labute approximate surface area is 115 Å². The number of hydrogen-bond acceptors (Lipinski definition) is 1. The van der Waals surface area contributed by atoms with Crippen LogP contribution in [0.15, 0.2) is 22.7 Å². The van der Waals surface area contributed by atoms with Crippen LogP contribution in [0.5, 0.6) is 0 Å². The molecule has 2 rings (SSSR count). The van der Waals surface area contributed by atoms with Gasteiger partial charge in [0.05, 0.1) is 0 Å². The quantitative estimate of drug-likeness (QED) is 0.910. The Hall–Kier alpha value is -0.900. The van der Waals surface area contributed by atoms with E-state index in [0.717, 1.165) is 22.9 Å². The number of carbonyl (C=O) groups is 1. The molecule has 0 saturated carbocycles. The predicted molar refractivity (Wildman–Crippen MR) is 72.7 cm³/mol. The average Bonchev–Trinajstić information content (AvgIpc) is 2.66. The normalized spacial score (nSPS) is 23.5. The fourth-order valence-corrected chi connectivity index (χ4v) is 3.00. The molecule has 1 aliphatic heterocycles. The largest absolute Gasteiger partial charge is 0.350 e. The molecule has 1 fully saturated rings. The van der Waals surface area contributed by atoms with Crippen molar-refractivity contribution in [1.82, 2.24) is 5.32 Å². The maximum Gasteiger partial charge on any atom is 0.220 e. The number of rotatable bonds is 3. The zero-order chi connectivity index (χ0) is 13.3. The van der Waals surface area contributed by atoms with Crippen LogP contribution in [-0.2, 0) is 11.2 Å². The zero-order valence-corrected chi connectivity index (χ0v) is 12.2. The van der Waals surface area contributed by atoms with E-state index < -0.39 is 0 Å². The topological polar surface area (TPSA) is 29.1 Å². The summed E-state index contributed by atoms with van der Waals surface area (Å²) in [4.78, 5) is 11.5. The summed E-state index contributed by atoms with van der Waals surface area (Å²) in [6.45, 7) is 4.23. The van der Waals surface area contributed by atoms with Crippen LogP contribution in [0.1, 0.15) is 32.3 Å². The van der Waals surface area contributed by atoms with Crippen LogP contribution in [0.2, 0.25) is 0 Å². The smallest absolute Gasteiger partial charge is 0.220 e. The lowest BCUT2D eigenvalue weighted by Gasteiger charge is -2.34. The summed E-state index contributed by atoms with van der Waals surface area (Å²) in [5, 5.41) is 3.10. The minimum atomic E-state index is -0.250. The lowest BCUT2D eigenvalue weighted by molar-refractivity contribution is -0.120. The molecule has 1 heterocycles. The molecule has 1 atom stereocenters. The molecule has 0 aliphatic carbocycles. The van der Waals surface area contributed by atoms with E-state index in [4.69, 9.17) is 0 Å². The molecule has 1 aromatic carbocycles. The van der Waals surface area contributed by atoms with E-state index in [1.54, 1.807) is 6.07 Å². The van der Waals surface area contributed by atoms with E-state index >= 15 is 0 Å². The molecule has 1 aliphatic rings. The Balaban J connectivity index is 2.27. The van der Waals surface area contributed by atoms with Crippen LogP contribution in [-0.4, -0.2) is 11.4 Å². The van der Waals surface area contributed by atoms with Gasteiger partial charge < -0.3 is 5.32 Å². The van der Waals surface area contributed by atoms with Crippen molar-refractivity contribution in [1.29, 1.82) is 0 Å². The van der Waals surface area contributed by atoms with Gasteiger partial charge in [0.25, 0.3) is 0 Å². The van der Waals surface area contributed by atoms with E-state index in [0.29, 0.717) is 12.3 Å². The van der Waals surface area contributed by atoms with Crippen LogP contribution in [0.4, 0.5) is 4.39 Å². The van der Waals surface area contributed by atoms with Gasteiger partial charge in [-0.25, -0.2) is 4.39 Å². The van der Waals surface area contributed by atoms with Crippen LogP contribution in [0.3, 0.4) is 0 Å². The molecule has 4 heteroatoms. The van der Waals surface area contributed by atoms with Gasteiger partial charge in [0, 0.05) is 16.4 Å². The molecule has 0 aromatic heterocycles. The van der Waals surface area contributed by atoms with Crippen molar-refractivity contribution in [3.8, 4) is 0 Å². The fourth-order valence-electron chi connectivity index (χ4n) is 2.51. The molecular formula is C14H17BrFNO. The highest BCUT2D eigenvalue weighted by Gasteiger charge is 2.40. The monoisotopic (exact) mass is 313 g/mol. The van der Waals surface area contributed by atoms with Crippen molar-refractivity contribution in [3.63, 3.8) is 0 Å². The summed E-state index contributed by atoms with van der Waals surface area (Å²) in [6.07, 6.45) is 2.15. The first-order valence-corrected chi connectivity index (χ1v) is 6.97. The maximum atomic E-state index is 13.1. The second-order valence-corrected chi connectivity index (χ2v) is 6.13. The fraction of sp³-hybridized carbons (Fsp3) is 0.500. The number of nitrogens with one attached hydrogen (secondary N) is 1. The molecule has 1 aromatic rings. The first-order chi connectivity index (χ1) is 8.43. The molecule has 98 valence electrons. The lowest BCUT2D eigenvalue weighted by atomic mass is 9.80. The summed E-state index contributed by atoms with van der Waals surface area (Å²) in [7, 11) is 0. The van der Waals surface area contributed by atoms with Gasteiger partial charge in [0.2, 0.25) is 5.91 Å². The second kappa shape index (κ2) is 5.00. The van der Waals surface area contributed by atoms with Crippen LogP contribution in [0.25, 0.3) is 0 Å². The third kappa shape index (κ3) is 2.58. The Kier molecular flexibility index (Phi) is 3.76. The summed E-state index contributed by atoms with van der Waals surface area (Å²) in [5.74, 6) is 0.211. The van der Waals surface area contributed by atoms with Gasteiger partial charge in [-0.05, 0) is 36.5 Å². The number of halogens is 2. The highest BCUT2D eigenvalue weighted by Crippen LogP contribution is 2.34. The molecule has 2 nitrogen and oxygen atoms in total. The zero-order valence-electron chi connectivity index (χ0n) is 10.6. The molecule has 18 heavy (non-hydrogen) atoms. The Morgan fingerprint density at radius 2 is 2.22 bits per heavy atom. The second-order valence-electron chi connectivity index (χ2n) is 5.27. The Morgan fingerprint density at radius 3 is 2.72 bits per heavy atom. The molecular weight excluding hydrogens is 297 g/mol. The number of benzene rings is 1. The molecule has 0 spiro atoms. The minimum absolute atomic E-state index is 0.113. The first kappa shape index (κ1) is 13.5. The molecule has 1 saturated heterocycles. The van der Waals surface area contributed by atoms with E-state index in [1.165, 1.54) is 12.1 Å². The van der Waals surface area contributed by atoms with Crippen molar-refractivity contribution < 1.29 is 9.18 Å². The first-order valence-electron chi connectivity index (χ1n) is 6.18. The average molecular weight is 314 g/mol. The minimum Gasteiger partial charge on any atom is -0.350 e. The number of hydrogen-bond donors (Lipinski definition) is 1. The van der Waals surface area contributed by atoms with Crippen LogP contribution in [0, 0.1) is 11.7 Å². The van der Waals surface area contributed by atoms with Gasteiger partial charge in [0.15, 0.2) is 0 Å². The molecule has 1 N–H and O–H groups in total. The van der Waals surface area contributed by atoms with Crippen LogP contribution >= 0.6 is 15.9 Å². The maximum absolute atomic E-state index is 13.1. The molecule has 1 amide bonds. The highest BCUT2D eigenvalue weighted by molar-refractivity contribution is 9.10. The molecule has 1 unspecified atom stereocenters. The van der Waals surface area contributed by atoms with Gasteiger partial charge in [-0.2, -0.15) is 0 Å². The summed E-state index contributed by atoms with van der Waals surface area (Å²) < 4.78 is 13.8. The third-order valence-corrected chi connectivity index (χ3v) is 4.55. The Morgan fingerprint density at radius 1 is 1.50 bits per heavy atom. The van der Waals surface area contributed by atoms with E-state index in [1.807, 2.05) is 0 Å². The summed E-state index contributed by atoms with van der Waals surface area (Å²) >= 11 is 3.39. The van der Waals surface area contributed by atoms with Crippen LogP contribution < -0.4 is 5.32 Å². The lowest BCUT2D eigenvalue weighted by Crippen LogP contribution is -2.48. The van der Waals surface area contributed by atoms with Crippen molar-refractivity contribution in [2.24, 2.45) is 5.92 Å². The molecule has 0 bridgehead atoms. The van der Waals surface area contributed by atoms with E-state index in [2.05, 4.69) is 35.1 Å². The number of carbonyl (C=O) groups excluding carboxylic acids is 1. The van der Waals surface area contributed by atoms with Gasteiger partial charge in [0.1, 0.15) is 5.82 Å². The van der Waals surface area contributed by atoms with Gasteiger partial charge >= 0.3 is 0 Å². The van der Waals surface area contributed by atoms with Crippen molar-refractivity contribution >= 4 is 21.8 Å². The van der Waals surface area contributed by atoms with Gasteiger partial charge in [-0.3, -0.25) is 4.79 Å². The van der Waals surface area contributed by atoms with Gasteiger partial charge in [-0.15, -0.1) is 0 Å². The predicted octanol–water partition coefficient (Wildman–Crippen LogP) is 3.44. The third-order valence-electron chi connectivity index (χ3n) is 3.81. The molecule has 0 radical (unpaired) electrons. The van der Waals surface area contributed by atoms with Crippen molar-refractivity contribution in [3.05, 3.63) is 34.1 Å². The van der Waals surface area contributed by atoms with Gasteiger partial charge in [-0.1, -0.05) is 35.8 Å². The van der Waals surface area contributed by atoms with E-state index in [-0.39, 0.29) is 17.3 Å². The standard InChI is InChI=1S/C14H17BrFNO/c1-9(2)14(6-5-13(18)17-14)8-10-3-4-11(16)7-12(10)15/h3-4,7,9H,5-6,8H2,1-2H3,(H,17,18). The van der Waals surface area contributed by atoms with E-state index in [9.17, 15) is 9.18 Å². The highest BCUT2D eigenvalue weighted by atomic mass is 79.9. The summed E-state index contributed by atoms with van der Waals surface area (Å²) in [5.41, 5.74) is 0.838. The summed E-state index contributed by atoms with van der Waals surface area (Å²) in [6, 6.07) is 4.72. The van der Waals surface area contributed by atoms with Crippen molar-refractivity contribution in [2.45, 2.75) is 38.6 Å². The van der Waals surface area contributed by atoms with Crippen molar-refractivity contribution in [2.75, 3.05) is 0 Å². The number of amides is 1. The SMILES string of the molecule is CC(C)C1(Cc2ccc(F)cc2Br)CCC(=O)N1.